The minimum absolute atomic E-state index is 0.101. The Morgan fingerprint density at radius 3 is 2.84 bits per heavy atom. The van der Waals surface area contributed by atoms with E-state index in [1.807, 2.05) is 6.07 Å². The van der Waals surface area contributed by atoms with Crippen LogP contribution in [0.3, 0.4) is 0 Å². The number of ether oxygens (including phenoxy) is 1. The van der Waals surface area contributed by atoms with Gasteiger partial charge in [0.25, 0.3) is 0 Å². The van der Waals surface area contributed by atoms with Crippen LogP contribution in [0.5, 0.6) is 0 Å². The van der Waals surface area contributed by atoms with Gasteiger partial charge in [-0.1, -0.05) is 22.0 Å². The van der Waals surface area contributed by atoms with Crippen LogP contribution in [0.2, 0.25) is 0 Å². The third kappa shape index (κ3) is 4.21. The highest BCUT2D eigenvalue weighted by Crippen LogP contribution is 2.51. The van der Waals surface area contributed by atoms with Gasteiger partial charge in [-0.25, -0.2) is 4.39 Å². The van der Waals surface area contributed by atoms with Gasteiger partial charge in [0.15, 0.2) is 0 Å². The van der Waals surface area contributed by atoms with Crippen molar-refractivity contribution >= 4 is 33.7 Å². The molecule has 2 nitrogen and oxygen atoms in total. The molecule has 1 aliphatic rings. The van der Waals surface area contributed by atoms with E-state index in [2.05, 4.69) is 15.9 Å². The van der Waals surface area contributed by atoms with Crippen molar-refractivity contribution < 1.29 is 13.9 Å². The molecule has 2 rings (SSSR count). The lowest BCUT2D eigenvalue weighted by molar-refractivity contribution is -0.141. The number of esters is 1. The smallest absolute Gasteiger partial charge is 0.306 e. The standard InChI is InChI=1S/C14H16BrFO2S/c1-18-13(17)7-14(4-5-14)9-19-8-10-2-3-11(15)6-12(10)16/h2-3,6H,4-5,7-9H2,1H3. The molecule has 0 heterocycles. The second-order valence-corrected chi connectivity index (χ2v) is 6.88. The molecule has 1 fully saturated rings. The molecule has 0 N–H and O–H groups in total. The van der Waals surface area contributed by atoms with Gasteiger partial charge in [0.05, 0.1) is 13.5 Å². The van der Waals surface area contributed by atoms with E-state index in [1.54, 1.807) is 17.8 Å². The number of methoxy groups -OCH3 is 1. The van der Waals surface area contributed by atoms with Gasteiger partial charge in [0.2, 0.25) is 0 Å². The van der Waals surface area contributed by atoms with Gasteiger partial charge in [-0.3, -0.25) is 4.79 Å². The van der Waals surface area contributed by atoms with Crippen molar-refractivity contribution in [2.45, 2.75) is 25.0 Å². The SMILES string of the molecule is COC(=O)CC1(CSCc2ccc(Br)cc2F)CC1. The van der Waals surface area contributed by atoms with Crippen molar-refractivity contribution in [2.24, 2.45) is 5.41 Å². The van der Waals surface area contributed by atoms with Crippen LogP contribution in [0.1, 0.15) is 24.8 Å². The fourth-order valence-electron chi connectivity index (χ4n) is 1.94. The molecule has 19 heavy (non-hydrogen) atoms. The summed E-state index contributed by atoms with van der Waals surface area (Å²) in [5.41, 5.74) is 0.811. The molecule has 0 radical (unpaired) electrons. The summed E-state index contributed by atoms with van der Waals surface area (Å²) in [5, 5.41) is 0. The van der Waals surface area contributed by atoms with Crippen molar-refractivity contribution in [3.05, 3.63) is 34.1 Å². The summed E-state index contributed by atoms with van der Waals surface area (Å²) in [6.45, 7) is 0. The fraction of sp³-hybridized carbons (Fsp3) is 0.500. The van der Waals surface area contributed by atoms with Gasteiger partial charge in [-0.2, -0.15) is 11.8 Å². The maximum atomic E-state index is 13.6. The molecule has 5 heteroatoms. The van der Waals surface area contributed by atoms with Gasteiger partial charge < -0.3 is 4.74 Å². The number of carbonyl (C=O) groups is 1. The van der Waals surface area contributed by atoms with Crippen molar-refractivity contribution in [1.82, 2.24) is 0 Å². The summed E-state index contributed by atoms with van der Waals surface area (Å²) in [6.07, 6.45) is 2.62. The summed E-state index contributed by atoms with van der Waals surface area (Å²) in [6, 6.07) is 5.13. The Labute approximate surface area is 125 Å². The highest BCUT2D eigenvalue weighted by Gasteiger charge is 2.44. The van der Waals surface area contributed by atoms with Crippen LogP contribution < -0.4 is 0 Å². The molecule has 0 saturated heterocycles. The quantitative estimate of drug-likeness (QED) is 0.723. The molecule has 0 atom stereocenters. The maximum Gasteiger partial charge on any atom is 0.306 e. The van der Waals surface area contributed by atoms with Crippen molar-refractivity contribution in [1.29, 1.82) is 0 Å². The first-order valence-corrected chi connectivity index (χ1v) is 8.08. The zero-order valence-electron chi connectivity index (χ0n) is 10.7. The average Bonchev–Trinajstić information content (AvgIpc) is 3.12. The number of hydrogen-bond donors (Lipinski definition) is 0. The summed E-state index contributed by atoms with van der Waals surface area (Å²) in [7, 11) is 1.42. The number of benzene rings is 1. The number of thioether (sulfide) groups is 1. The Bertz CT molecular complexity index is 475. The van der Waals surface area contributed by atoms with Crippen molar-refractivity contribution in [2.75, 3.05) is 12.9 Å². The van der Waals surface area contributed by atoms with E-state index in [0.29, 0.717) is 17.7 Å². The van der Waals surface area contributed by atoms with E-state index < -0.39 is 0 Å². The van der Waals surface area contributed by atoms with Crippen molar-refractivity contribution in [3.63, 3.8) is 0 Å². The number of rotatable bonds is 6. The lowest BCUT2D eigenvalue weighted by Crippen LogP contribution is -2.13. The van der Waals surface area contributed by atoms with E-state index >= 15 is 0 Å². The minimum atomic E-state index is -0.181. The number of halogens is 2. The van der Waals surface area contributed by atoms with Crippen LogP contribution >= 0.6 is 27.7 Å². The van der Waals surface area contributed by atoms with Crippen LogP contribution in [-0.4, -0.2) is 18.8 Å². The molecular formula is C14H16BrFO2S. The first-order valence-electron chi connectivity index (χ1n) is 6.13. The maximum absolute atomic E-state index is 13.6. The van der Waals surface area contributed by atoms with Crippen molar-refractivity contribution in [3.8, 4) is 0 Å². The highest BCUT2D eigenvalue weighted by atomic mass is 79.9. The molecule has 0 spiro atoms. The second kappa shape index (κ2) is 6.27. The van der Waals surface area contributed by atoms with E-state index in [-0.39, 0.29) is 17.2 Å². The minimum Gasteiger partial charge on any atom is -0.469 e. The molecule has 1 aromatic rings. The third-order valence-electron chi connectivity index (χ3n) is 3.39. The van der Waals surface area contributed by atoms with Gasteiger partial charge in [-0.15, -0.1) is 0 Å². The van der Waals surface area contributed by atoms with E-state index in [1.165, 1.54) is 13.2 Å². The Morgan fingerprint density at radius 1 is 1.53 bits per heavy atom. The van der Waals surface area contributed by atoms with E-state index in [4.69, 9.17) is 4.74 Å². The molecule has 0 aromatic heterocycles. The Balaban J connectivity index is 1.82. The second-order valence-electron chi connectivity index (χ2n) is 4.98. The first-order chi connectivity index (χ1) is 9.04. The Morgan fingerprint density at radius 2 is 2.26 bits per heavy atom. The number of hydrogen-bond acceptors (Lipinski definition) is 3. The van der Waals surface area contributed by atoms with Crippen LogP contribution in [-0.2, 0) is 15.3 Å². The molecule has 1 aliphatic carbocycles. The fourth-order valence-corrected chi connectivity index (χ4v) is 3.66. The Kier molecular flexibility index (Phi) is 4.90. The first kappa shape index (κ1) is 14.9. The van der Waals surface area contributed by atoms with Gasteiger partial charge in [-0.05, 0) is 41.7 Å². The van der Waals surface area contributed by atoms with Gasteiger partial charge in [0, 0.05) is 10.2 Å². The zero-order valence-corrected chi connectivity index (χ0v) is 13.2. The molecular weight excluding hydrogens is 331 g/mol. The molecule has 1 aromatic carbocycles. The molecule has 0 aliphatic heterocycles. The topological polar surface area (TPSA) is 26.3 Å². The Hall–Kier alpha value is -0.550. The van der Waals surface area contributed by atoms with Crippen LogP contribution in [0.25, 0.3) is 0 Å². The van der Waals surface area contributed by atoms with Gasteiger partial charge in [0.1, 0.15) is 5.82 Å². The predicted molar refractivity (Wildman–Crippen MR) is 78.6 cm³/mol. The van der Waals surface area contributed by atoms with Crippen LogP contribution in [0.15, 0.2) is 22.7 Å². The molecule has 0 unspecified atom stereocenters. The normalized spacial score (nSPS) is 16.2. The van der Waals surface area contributed by atoms with Crippen LogP contribution in [0.4, 0.5) is 4.39 Å². The molecule has 0 bridgehead atoms. The van der Waals surface area contributed by atoms with E-state index in [9.17, 15) is 9.18 Å². The average molecular weight is 347 g/mol. The summed E-state index contributed by atoms with van der Waals surface area (Å²) in [5.74, 6) is 1.20. The molecule has 0 amide bonds. The van der Waals surface area contributed by atoms with Crippen LogP contribution in [0, 0.1) is 11.2 Å². The lowest BCUT2D eigenvalue weighted by atomic mass is 10.1. The largest absolute Gasteiger partial charge is 0.469 e. The summed E-state index contributed by atoms with van der Waals surface area (Å²) >= 11 is 4.93. The molecule has 104 valence electrons. The molecule has 1 saturated carbocycles. The predicted octanol–water partition coefficient (Wildman–Crippen LogP) is 4.16. The van der Waals surface area contributed by atoms with Gasteiger partial charge >= 0.3 is 5.97 Å². The summed E-state index contributed by atoms with van der Waals surface area (Å²) < 4.78 is 19.1. The highest BCUT2D eigenvalue weighted by molar-refractivity contribution is 9.10. The third-order valence-corrected chi connectivity index (χ3v) is 5.21. The van der Waals surface area contributed by atoms with E-state index in [0.717, 1.165) is 23.1 Å². The summed E-state index contributed by atoms with van der Waals surface area (Å²) in [4.78, 5) is 11.3. The lowest BCUT2D eigenvalue weighted by Gasteiger charge is -2.13. The monoisotopic (exact) mass is 346 g/mol. The zero-order chi connectivity index (χ0) is 13.9. The number of carbonyl (C=O) groups excluding carboxylic acids is 1.